The van der Waals surface area contributed by atoms with Gasteiger partial charge in [0.2, 0.25) is 0 Å². The van der Waals surface area contributed by atoms with Gasteiger partial charge in [-0.05, 0) is 37.1 Å². The highest BCUT2D eigenvalue weighted by Gasteiger charge is 2.28. The van der Waals surface area contributed by atoms with Crippen LogP contribution >= 0.6 is 0 Å². The molecule has 1 saturated heterocycles. The lowest BCUT2D eigenvalue weighted by atomic mass is 10.0. The van der Waals surface area contributed by atoms with Gasteiger partial charge in [-0.2, -0.15) is 0 Å². The summed E-state index contributed by atoms with van der Waals surface area (Å²) in [4.78, 5) is 19.3. The Bertz CT molecular complexity index is 736. The van der Waals surface area contributed by atoms with Gasteiger partial charge in [-0.1, -0.05) is 0 Å². The lowest BCUT2D eigenvalue weighted by Gasteiger charge is -2.28. The van der Waals surface area contributed by atoms with Crippen molar-refractivity contribution in [1.82, 2.24) is 15.2 Å². The molecule has 5 heteroatoms. The monoisotopic (exact) mass is 299 g/mol. The number of pyridine rings is 1. The standard InChI is InChI=1S/C17H18FN3O/c18-12-3-4-15-13(9-12)14(10-16(20-15)11-1-2-11)17(22)21-7-5-19-6-8-21/h3-4,9-11,19H,1-2,5-8H2. The number of amides is 1. The van der Waals surface area contributed by atoms with Crippen molar-refractivity contribution < 1.29 is 9.18 Å². The van der Waals surface area contributed by atoms with E-state index in [0.29, 0.717) is 35.5 Å². The molecule has 1 N–H and O–H groups in total. The van der Waals surface area contributed by atoms with Gasteiger partial charge in [0.05, 0.1) is 11.1 Å². The van der Waals surface area contributed by atoms with Crippen LogP contribution in [0.2, 0.25) is 0 Å². The topological polar surface area (TPSA) is 45.2 Å². The number of nitrogens with one attached hydrogen (secondary N) is 1. The van der Waals surface area contributed by atoms with Crippen LogP contribution in [0.1, 0.15) is 34.8 Å². The minimum absolute atomic E-state index is 0.0126. The molecule has 2 aromatic rings. The highest BCUT2D eigenvalue weighted by molar-refractivity contribution is 6.06. The van der Waals surface area contributed by atoms with Crippen molar-refractivity contribution in [1.29, 1.82) is 0 Å². The molecule has 114 valence electrons. The van der Waals surface area contributed by atoms with E-state index in [-0.39, 0.29) is 11.7 Å². The van der Waals surface area contributed by atoms with E-state index in [1.807, 2.05) is 11.0 Å². The molecule has 1 aliphatic heterocycles. The third-order valence-corrected chi connectivity index (χ3v) is 4.42. The average molecular weight is 299 g/mol. The first kappa shape index (κ1) is 13.6. The summed E-state index contributed by atoms with van der Waals surface area (Å²) in [6, 6.07) is 6.38. The molecule has 0 unspecified atom stereocenters. The number of hydrogen-bond donors (Lipinski definition) is 1. The number of rotatable bonds is 2. The smallest absolute Gasteiger partial charge is 0.254 e. The molecule has 0 radical (unpaired) electrons. The minimum atomic E-state index is -0.331. The van der Waals surface area contributed by atoms with Crippen LogP contribution in [0.3, 0.4) is 0 Å². The molecule has 1 aliphatic carbocycles. The van der Waals surface area contributed by atoms with E-state index in [0.717, 1.165) is 31.6 Å². The third-order valence-electron chi connectivity index (χ3n) is 4.42. The second-order valence-corrected chi connectivity index (χ2v) is 6.07. The fourth-order valence-corrected chi connectivity index (χ4v) is 3.02. The van der Waals surface area contributed by atoms with Crippen molar-refractivity contribution in [3.8, 4) is 0 Å². The summed E-state index contributed by atoms with van der Waals surface area (Å²) in [5, 5.41) is 3.86. The maximum absolute atomic E-state index is 13.6. The van der Waals surface area contributed by atoms with E-state index in [2.05, 4.69) is 10.3 Å². The average Bonchev–Trinajstić information content (AvgIpc) is 3.39. The molecule has 4 rings (SSSR count). The Morgan fingerprint density at radius 1 is 1.23 bits per heavy atom. The predicted octanol–water partition coefficient (Wildman–Crippen LogP) is 2.30. The zero-order valence-electron chi connectivity index (χ0n) is 12.3. The number of benzene rings is 1. The Balaban J connectivity index is 1.82. The molecule has 0 spiro atoms. The lowest BCUT2D eigenvalue weighted by Crippen LogP contribution is -2.46. The van der Waals surface area contributed by atoms with Crippen LogP contribution in [0.4, 0.5) is 4.39 Å². The van der Waals surface area contributed by atoms with E-state index in [1.54, 1.807) is 6.07 Å². The van der Waals surface area contributed by atoms with Crippen LogP contribution in [0.5, 0.6) is 0 Å². The van der Waals surface area contributed by atoms with Crippen molar-refractivity contribution in [2.45, 2.75) is 18.8 Å². The molecule has 2 heterocycles. The Labute approximate surface area is 128 Å². The summed E-state index contributed by atoms with van der Waals surface area (Å²) in [5.41, 5.74) is 2.27. The summed E-state index contributed by atoms with van der Waals surface area (Å²) in [7, 11) is 0. The van der Waals surface area contributed by atoms with Crippen molar-refractivity contribution in [2.75, 3.05) is 26.2 Å². The molecule has 22 heavy (non-hydrogen) atoms. The number of aromatic nitrogens is 1. The largest absolute Gasteiger partial charge is 0.336 e. The zero-order valence-corrected chi connectivity index (χ0v) is 12.3. The Kier molecular flexibility index (Phi) is 3.30. The molecule has 1 aromatic heterocycles. The van der Waals surface area contributed by atoms with E-state index in [1.165, 1.54) is 12.1 Å². The van der Waals surface area contributed by atoms with Crippen LogP contribution in [-0.2, 0) is 0 Å². The fraction of sp³-hybridized carbons (Fsp3) is 0.412. The number of carbonyl (C=O) groups is 1. The summed E-state index contributed by atoms with van der Waals surface area (Å²) in [6.07, 6.45) is 2.25. The summed E-state index contributed by atoms with van der Waals surface area (Å²) >= 11 is 0. The molecule has 1 amide bonds. The second kappa shape index (κ2) is 5.32. The SMILES string of the molecule is O=C(c1cc(C2CC2)nc2ccc(F)cc12)N1CCNCC1. The minimum Gasteiger partial charge on any atom is -0.336 e. The van der Waals surface area contributed by atoms with Crippen LogP contribution in [0.25, 0.3) is 10.9 Å². The van der Waals surface area contributed by atoms with Gasteiger partial charge in [0, 0.05) is 43.2 Å². The second-order valence-electron chi connectivity index (χ2n) is 6.07. The number of carbonyl (C=O) groups excluding carboxylic acids is 1. The van der Waals surface area contributed by atoms with E-state index in [9.17, 15) is 9.18 Å². The first-order chi connectivity index (χ1) is 10.7. The maximum atomic E-state index is 13.6. The van der Waals surface area contributed by atoms with Crippen molar-refractivity contribution >= 4 is 16.8 Å². The van der Waals surface area contributed by atoms with Crippen molar-refractivity contribution in [3.05, 3.63) is 41.3 Å². The van der Waals surface area contributed by atoms with Gasteiger partial charge >= 0.3 is 0 Å². The molecular formula is C17H18FN3O. The van der Waals surface area contributed by atoms with Crippen molar-refractivity contribution in [3.63, 3.8) is 0 Å². The van der Waals surface area contributed by atoms with E-state index >= 15 is 0 Å². The van der Waals surface area contributed by atoms with Crippen LogP contribution in [0, 0.1) is 5.82 Å². The molecule has 0 bridgehead atoms. The predicted molar refractivity (Wildman–Crippen MR) is 82.4 cm³/mol. The van der Waals surface area contributed by atoms with Gasteiger partial charge in [0.1, 0.15) is 5.82 Å². The maximum Gasteiger partial charge on any atom is 0.254 e. The molecule has 4 nitrogen and oxygen atoms in total. The highest BCUT2D eigenvalue weighted by Crippen LogP contribution is 2.40. The number of piperazine rings is 1. The van der Waals surface area contributed by atoms with Gasteiger partial charge in [-0.3, -0.25) is 9.78 Å². The lowest BCUT2D eigenvalue weighted by molar-refractivity contribution is 0.0737. The van der Waals surface area contributed by atoms with Gasteiger partial charge in [-0.15, -0.1) is 0 Å². The van der Waals surface area contributed by atoms with E-state index in [4.69, 9.17) is 0 Å². The number of hydrogen-bond acceptors (Lipinski definition) is 3. The first-order valence-corrected chi connectivity index (χ1v) is 7.82. The normalized spacial score (nSPS) is 18.7. The fourth-order valence-electron chi connectivity index (χ4n) is 3.02. The van der Waals surface area contributed by atoms with E-state index < -0.39 is 0 Å². The van der Waals surface area contributed by atoms with Crippen LogP contribution < -0.4 is 5.32 Å². The molecule has 2 fully saturated rings. The van der Waals surface area contributed by atoms with Gasteiger partial charge in [0.25, 0.3) is 5.91 Å². The first-order valence-electron chi connectivity index (χ1n) is 7.82. The third kappa shape index (κ3) is 2.46. The Hall–Kier alpha value is -2.01. The quantitative estimate of drug-likeness (QED) is 0.925. The van der Waals surface area contributed by atoms with Crippen LogP contribution in [0.15, 0.2) is 24.3 Å². The van der Waals surface area contributed by atoms with Gasteiger partial charge in [-0.25, -0.2) is 4.39 Å². The van der Waals surface area contributed by atoms with Gasteiger partial charge < -0.3 is 10.2 Å². The number of halogens is 1. The summed E-state index contributed by atoms with van der Waals surface area (Å²) < 4.78 is 13.6. The van der Waals surface area contributed by atoms with Crippen LogP contribution in [-0.4, -0.2) is 42.0 Å². The summed E-state index contributed by atoms with van der Waals surface area (Å²) in [6.45, 7) is 2.99. The molecule has 1 saturated carbocycles. The number of fused-ring (bicyclic) bond motifs is 1. The van der Waals surface area contributed by atoms with Crippen molar-refractivity contribution in [2.24, 2.45) is 0 Å². The molecule has 1 aromatic carbocycles. The van der Waals surface area contributed by atoms with Gasteiger partial charge in [0.15, 0.2) is 0 Å². The highest BCUT2D eigenvalue weighted by atomic mass is 19.1. The molecular weight excluding hydrogens is 281 g/mol. The Morgan fingerprint density at radius 3 is 2.73 bits per heavy atom. The number of nitrogens with zero attached hydrogens (tertiary/aromatic N) is 2. The Morgan fingerprint density at radius 2 is 2.00 bits per heavy atom. The summed E-state index contributed by atoms with van der Waals surface area (Å²) in [5.74, 6) is 0.119. The molecule has 0 atom stereocenters. The molecule has 2 aliphatic rings. The zero-order chi connectivity index (χ0) is 15.1.